The molecule has 0 radical (unpaired) electrons. The van der Waals surface area contributed by atoms with Crippen LogP contribution in [0.4, 0.5) is 5.69 Å². The Morgan fingerprint density at radius 2 is 1.70 bits per heavy atom. The van der Waals surface area contributed by atoms with Crippen LogP contribution < -0.4 is 14.4 Å². The Morgan fingerprint density at radius 3 is 2.30 bits per heavy atom. The van der Waals surface area contributed by atoms with Gasteiger partial charge < -0.3 is 15.0 Å². The van der Waals surface area contributed by atoms with E-state index in [4.69, 9.17) is 16.3 Å². The zero-order chi connectivity index (χ0) is 29.3. The van der Waals surface area contributed by atoms with Crippen molar-refractivity contribution in [2.75, 3.05) is 24.5 Å². The number of nitrogens with zero attached hydrogens (tertiary/aromatic N) is 2. The first-order valence-electron chi connectivity index (χ1n) is 13.1. The summed E-state index contributed by atoms with van der Waals surface area (Å²) in [5, 5.41) is 3.36. The number of carbonyl (C=O) groups excluding carboxylic acids is 2. The van der Waals surface area contributed by atoms with Crippen molar-refractivity contribution in [2.24, 2.45) is 0 Å². The van der Waals surface area contributed by atoms with Crippen molar-refractivity contribution in [1.82, 2.24) is 10.2 Å². The maximum absolute atomic E-state index is 13.9. The summed E-state index contributed by atoms with van der Waals surface area (Å²) in [6.07, 6.45) is 1.72. The van der Waals surface area contributed by atoms with Crippen LogP contribution in [-0.4, -0.2) is 51.4 Å². The Kier molecular flexibility index (Phi) is 11.0. The number of aryl methyl sites for hydroxylation is 1. The summed E-state index contributed by atoms with van der Waals surface area (Å²) >= 11 is 6.18. The van der Waals surface area contributed by atoms with Crippen LogP contribution in [0.2, 0.25) is 5.02 Å². The second kappa shape index (κ2) is 14.2. The molecular weight excluding hydrogens is 550 g/mol. The number of hydrogen-bond donors (Lipinski definition) is 1. The average Bonchev–Trinajstić information content (AvgIpc) is 2.94. The standard InChI is InChI=1S/C30H36ClN3O5S/c1-5-6-18-32-30(36)23(3)33(20-24-8-7-9-25(31)19-24)29(35)21-34(26-12-14-27(39-4)15-13-26)40(37,38)28-16-10-22(2)11-17-28/h7-17,19,23H,5-6,18,20-21H2,1-4H3,(H,32,36)/t23-/m0/s1. The molecule has 0 saturated heterocycles. The summed E-state index contributed by atoms with van der Waals surface area (Å²) in [5.74, 6) is -0.312. The molecule has 40 heavy (non-hydrogen) atoms. The third-order valence-corrected chi connectivity index (χ3v) is 8.51. The molecule has 3 aromatic carbocycles. The molecule has 0 fully saturated rings. The SMILES string of the molecule is CCCCNC(=O)[C@H](C)N(Cc1cccc(Cl)c1)C(=O)CN(c1ccc(OC)cc1)S(=O)(=O)c1ccc(C)cc1. The maximum Gasteiger partial charge on any atom is 0.264 e. The molecule has 3 aromatic rings. The minimum atomic E-state index is -4.14. The van der Waals surface area contributed by atoms with Crippen molar-refractivity contribution < 1.29 is 22.7 Å². The minimum Gasteiger partial charge on any atom is -0.497 e. The molecule has 0 spiro atoms. The molecule has 1 atom stereocenters. The van der Waals surface area contributed by atoms with Crippen LogP contribution in [0.3, 0.4) is 0 Å². The molecule has 214 valence electrons. The Hall–Kier alpha value is -3.56. The molecule has 1 N–H and O–H groups in total. The summed E-state index contributed by atoms with van der Waals surface area (Å²) < 4.78 is 34.0. The lowest BCUT2D eigenvalue weighted by molar-refractivity contribution is -0.139. The molecule has 2 amide bonds. The van der Waals surface area contributed by atoms with E-state index in [1.54, 1.807) is 67.6 Å². The summed E-state index contributed by atoms with van der Waals surface area (Å²) in [4.78, 5) is 28.4. The lowest BCUT2D eigenvalue weighted by Gasteiger charge is -2.32. The topological polar surface area (TPSA) is 96.0 Å². The van der Waals surface area contributed by atoms with E-state index in [1.165, 1.54) is 24.1 Å². The van der Waals surface area contributed by atoms with E-state index in [9.17, 15) is 18.0 Å². The van der Waals surface area contributed by atoms with Gasteiger partial charge in [-0.1, -0.05) is 54.8 Å². The number of unbranched alkanes of at least 4 members (excludes halogenated alkanes) is 1. The lowest BCUT2D eigenvalue weighted by atomic mass is 10.1. The van der Waals surface area contributed by atoms with E-state index in [-0.39, 0.29) is 23.0 Å². The Balaban J connectivity index is 2.00. The molecule has 0 aliphatic carbocycles. The Labute approximate surface area is 241 Å². The maximum atomic E-state index is 13.9. The molecular formula is C30H36ClN3O5S. The van der Waals surface area contributed by atoms with Crippen molar-refractivity contribution in [3.63, 3.8) is 0 Å². The predicted octanol–water partition coefficient (Wildman–Crippen LogP) is 5.19. The van der Waals surface area contributed by atoms with Crippen LogP contribution in [-0.2, 0) is 26.2 Å². The van der Waals surface area contributed by atoms with E-state index in [0.717, 1.165) is 22.7 Å². The first kappa shape index (κ1) is 31.0. The number of methoxy groups -OCH3 is 1. The molecule has 0 bridgehead atoms. The van der Waals surface area contributed by atoms with Gasteiger partial charge in [-0.05, 0) is 74.4 Å². The second-order valence-corrected chi connectivity index (χ2v) is 11.8. The number of carbonyl (C=O) groups is 2. The van der Waals surface area contributed by atoms with E-state index in [2.05, 4.69) is 5.32 Å². The van der Waals surface area contributed by atoms with E-state index in [1.807, 2.05) is 13.8 Å². The predicted molar refractivity (Wildman–Crippen MR) is 158 cm³/mol. The molecule has 0 aliphatic heterocycles. The first-order chi connectivity index (χ1) is 19.1. The van der Waals surface area contributed by atoms with Crippen LogP contribution in [0.15, 0.2) is 77.7 Å². The van der Waals surface area contributed by atoms with Crippen molar-refractivity contribution in [3.8, 4) is 5.75 Å². The normalized spacial score (nSPS) is 11.9. The quantitative estimate of drug-likeness (QED) is 0.279. The average molecular weight is 586 g/mol. The minimum absolute atomic E-state index is 0.0495. The van der Waals surface area contributed by atoms with Gasteiger partial charge in [0, 0.05) is 18.1 Å². The van der Waals surface area contributed by atoms with Crippen molar-refractivity contribution in [2.45, 2.75) is 51.1 Å². The third kappa shape index (κ3) is 7.99. The molecule has 0 heterocycles. The van der Waals surface area contributed by atoms with Crippen molar-refractivity contribution >= 4 is 39.1 Å². The number of nitrogens with one attached hydrogen (secondary N) is 1. The van der Waals surface area contributed by atoms with Gasteiger partial charge in [-0.15, -0.1) is 0 Å². The van der Waals surface area contributed by atoms with Gasteiger partial charge in [-0.3, -0.25) is 13.9 Å². The molecule has 8 nitrogen and oxygen atoms in total. The highest BCUT2D eigenvalue weighted by atomic mass is 35.5. The zero-order valence-electron chi connectivity index (χ0n) is 23.3. The number of benzene rings is 3. The highest BCUT2D eigenvalue weighted by Gasteiger charge is 2.32. The number of amides is 2. The molecule has 3 rings (SSSR count). The fourth-order valence-electron chi connectivity index (χ4n) is 4.07. The van der Waals surface area contributed by atoms with Gasteiger partial charge in [-0.25, -0.2) is 8.42 Å². The Morgan fingerprint density at radius 1 is 1.02 bits per heavy atom. The first-order valence-corrected chi connectivity index (χ1v) is 14.9. The zero-order valence-corrected chi connectivity index (χ0v) is 24.8. The largest absolute Gasteiger partial charge is 0.497 e. The van der Waals surface area contributed by atoms with E-state index in [0.29, 0.717) is 22.9 Å². The lowest BCUT2D eigenvalue weighted by Crippen LogP contribution is -2.51. The summed E-state index contributed by atoms with van der Waals surface area (Å²) in [5.41, 5.74) is 1.91. The number of rotatable bonds is 13. The van der Waals surface area contributed by atoms with Gasteiger partial charge in [0.1, 0.15) is 18.3 Å². The second-order valence-electron chi connectivity index (χ2n) is 9.49. The van der Waals surface area contributed by atoms with Gasteiger partial charge in [0.05, 0.1) is 17.7 Å². The van der Waals surface area contributed by atoms with Crippen molar-refractivity contribution in [3.05, 3.63) is 88.9 Å². The smallest absolute Gasteiger partial charge is 0.264 e. The van der Waals surface area contributed by atoms with Crippen LogP contribution >= 0.6 is 11.6 Å². The van der Waals surface area contributed by atoms with E-state index >= 15 is 0 Å². The van der Waals surface area contributed by atoms with Crippen LogP contribution in [0, 0.1) is 6.92 Å². The van der Waals surface area contributed by atoms with Crippen LogP contribution in [0.5, 0.6) is 5.75 Å². The van der Waals surface area contributed by atoms with Gasteiger partial charge in [0.25, 0.3) is 10.0 Å². The Bertz CT molecular complexity index is 1400. The van der Waals surface area contributed by atoms with Crippen LogP contribution in [0.25, 0.3) is 0 Å². The molecule has 0 aromatic heterocycles. The summed E-state index contributed by atoms with van der Waals surface area (Å²) in [7, 11) is -2.62. The van der Waals surface area contributed by atoms with Crippen LogP contribution in [0.1, 0.15) is 37.8 Å². The summed E-state index contributed by atoms with van der Waals surface area (Å²) in [6.45, 7) is 5.56. The molecule has 0 unspecified atom stereocenters. The monoisotopic (exact) mass is 585 g/mol. The van der Waals surface area contributed by atoms with Gasteiger partial charge in [0.15, 0.2) is 0 Å². The number of hydrogen-bond acceptors (Lipinski definition) is 5. The van der Waals surface area contributed by atoms with Gasteiger partial charge in [-0.2, -0.15) is 0 Å². The fraction of sp³-hybridized carbons (Fsp3) is 0.333. The number of ether oxygens (including phenoxy) is 1. The number of anilines is 1. The number of sulfonamides is 1. The molecule has 0 aliphatic rings. The van der Waals surface area contributed by atoms with Crippen molar-refractivity contribution in [1.29, 1.82) is 0 Å². The summed E-state index contributed by atoms with van der Waals surface area (Å²) in [6, 6.07) is 19.0. The van der Waals surface area contributed by atoms with E-state index < -0.39 is 28.5 Å². The van der Waals surface area contributed by atoms with Gasteiger partial charge >= 0.3 is 0 Å². The molecule has 0 saturated carbocycles. The van der Waals surface area contributed by atoms with Gasteiger partial charge in [0.2, 0.25) is 11.8 Å². The number of halogens is 1. The molecule has 10 heteroatoms. The third-order valence-electron chi connectivity index (χ3n) is 6.49. The highest BCUT2D eigenvalue weighted by Crippen LogP contribution is 2.27. The highest BCUT2D eigenvalue weighted by molar-refractivity contribution is 7.92. The fourth-order valence-corrected chi connectivity index (χ4v) is 5.69.